The van der Waals surface area contributed by atoms with E-state index in [9.17, 15) is 18.8 Å². The van der Waals surface area contributed by atoms with Gasteiger partial charge in [0.25, 0.3) is 5.56 Å². The summed E-state index contributed by atoms with van der Waals surface area (Å²) in [7, 11) is 1.54. The van der Waals surface area contributed by atoms with E-state index in [-0.39, 0.29) is 41.7 Å². The molecule has 0 spiro atoms. The molecule has 216 valence electrons. The lowest BCUT2D eigenvalue weighted by molar-refractivity contribution is 0.0499. The first-order valence-corrected chi connectivity index (χ1v) is 13.3. The Bertz CT molecular complexity index is 1820. The Balaban J connectivity index is 1.54. The number of fused-ring (bicyclic) bond motifs is 2. The molecule has 1 aromatic carbocycles. The Hall–Kier alpha value is -4.60. The van der Waals surface area contributed by atoms with Gasteiger partial charge in [-0.3, -0.25) is 13.9 Å². The van der Waals surface area contributed by atoms with Crippen molar-refractivity contribution in [1.29, 1.82) is 0 Å². The lowest BCUT2D eigenvalue weighted by Gasteiger charge is -2.34. The van der Waals surface area contributed by atoms with Crippen molar-refractivity contribution in [2.75, 3.05) is 18.0 Å². The Morgan fingerprint density at radius 2 is 2.02 bits per heavy atom. The summed E-state index contributed by atoms with van der Waals surface area (Å²) in [5, 5.41) is 2.92. The number of amides is 1. The van der Waals surface area contributed by atoms with Crippen molar-refractivity contribution in [3.05, 3.63) is 50.7 Å². The fourth-order valence-electron chi connectivity index (χ4n) is 4.95. The summed E-state index contributed by atoms with van der Waals surface area (Å²) in [6.07, 6.45) is 1.02. The van der Waals surface area contributed by atoms with E-state index in [1.807, 2.05) is 4.90 Å². The Morgan fingerprint density at radius 3 is 2.76 bits per heavy atom. The summed E-state index contributed by atoms with van der Waals surface area (Å²) >= 11 is 0. The Morgan fingerprint density at radius 1 is 1.24 bits per heavy atom. The summed E-state index contributed by atoms with van der Waals surface area (Å²) in [5.74, 6) is 5.95. The summed E-state index contributed by atoms with van der Waals surface area (Å²) < 4.78 is 28.8. The van der Waals surface area contributed by atoms with E-state index in [1.165, 1.54) is 29.8 Å². The molecular weight excluding hydrogens is 533 g/mol. The number of halogens is 1. The standard InChI is InChI=1S/C28H32FN7O5/c1-6-7-13-35-22-23(32-25(35)34-12-8-9-18(15-34)30-26(38)41-28(2,3)4)33(5)27(39)36(24(22)37)16-21-31-19-14-17(29)10-11-20(19)40-21/h10-11,14,18H,8-9,12-13,15-16H2,1-5H3,(H,30,38)/t18-/m1/s1. The highest BCUT2D eigenvalue weighted by Crippen LogP contribution is 2.24. The summed E-state index contributed by atoms with van der Waals surface area (Å²) in [5.41, 5.74) is -0.747. The molecule has 1 amide bonds. The van der Waals surface area contributed by atoms with Crippen LogP contribution in [-0.4, -0.2) is 54.5 Å². The predicted octanol–water partition coefficient (Wildman–Crippen LogP) is 2.74. The second kappa shape index (κ2) is 10.8. The van der Waals surface area contributed by atoms with Crippen molar-refractivity contribution >= 4 is 34.3 Å². The molecule has 5 rings (SSSR count). The lowest BCUT2D eigenvalue weighted by atomic mass is 10.1. The number of aromatic nitrogens is 5. The predicted molar refractivity (Wildman–Crippen MR) is 150 cm³/mol. The van der Waals surface area contributed by atoms with Crippen LogP contribution in [0.2, 0.25) is 0 Å². The molecule has 0 radical (unpaired) electrons. The summed E-state index contributed by atoms with van der Waals surface area (Å²) in [6, 6.07) is 3.71. The van der Waals surface area contributed by atoms with Gasteiger partial charge in [0, 0.05) is 32.2 Å². The molecule has 3 aromatic heterocycles. The van der Waals surface area contributed by atoms with Crippen molar-refractivity contribution in [2.45, 2.75) is 65.3 Å². The molecule has 4 aromatic rings. The van der Waals surface area contributed by atoms with Crippen LogP contribution >= 0.6 is 0 Å². The van der Waals surface area contributed by atoms with E-state index in [4.69, 9.17) is 14.1 Å². The number of benzene rings is 1. The molecule has 0 bridgehead atoms. The van der Waals surface area contributed by atoms with Crippen LogP contribution in [0.4, 0.5) is 15.1 Å². The molecule has 1 aliphatic heterocycles. The highest BCUT2D eigenvalue weighted by Gasteiger charge is 2.29. The topological polar surface area (TPSA) is 129 Å². The van der Waals surface area contributed by atoms with Crippen LogP contribution < -0.4 is 21.5 Å². The monoisotopic (exact) mass is 565 g/mol. The third-order valence-electron chi connectivity index (χ3n) is 6.74. The zero-order valence-corrected chi connectivity index (χ0v) is 23.7. The van der Waals surface area contributed by atoms with Crippen LogP contribution in [0, 0.1) is 17.7 Å². The lowest BCUT2D eigenvalue weighted by Crippen LogP contribution is -2.49. The number of carbonyl (C=O) groups excluding carboxylic acids is 1. The van der Waals surface area contributed by atoms with Gasteiger partial charge >= 0.3 is 11.8 Å². The number of ether oxygens (including phenoxy) is 1. The second-order valence-corrected chi connectivity index (χ2v) is 11.0. The van der Waals surface area contributed by atoms with Gasteiger partial charge in [-0.15, -0.1) is 5.92 Å². The highest BCUT2D eigenvalue weighted by molar-refractivity contribution is 5.75. The van der Waals surface area contributed by atoms with E-state index >= 15 is 0 Å². The highest BCUT2D eigenvalue weighted by atomic mass is 19.1. The first-order chi connectivity index (χ1) is 19.4. The average Bonchev–Trinajstić information content (AvgIpc) is 3.48. The van der Waals surface area contributed by atoms with Gasteiger partial charge in [0.15, 0.2) is 16.7 Å². The van der Waals surface area contributed by atoms with Crippen LogP contribution in [0.25, 0.3) is 22.3 Å². The molecule has 0 aliphatic carbocycles. The molecule has 41 heavy (non-hydrogen) atoms. The minimum atomic E-state index is -0.621. The number of nitrogens with zero attached hydrogens (tertiary/aromatic N) is 6. The normalized spacial score (nSPS) is 15.7. The maximum Gasteiger partial charge on any atom is 0.407 e. The van der Waals surface area contributed by atoms with Gasteiger partial charge in [0.05, 0.1) is 6.54 Å². The molecule has 1 atom stereocenters. The zero-order valence-electron chi connectivity index (χ0n) is 23.7. The number of anilines is 1. The summed E-state index contributed by atoms with van der Waals surface area (Å²) in [4.78, 5) is 50.5. The fraction of sp³-hybridized carbons (Fsp3) is 0.464. The number of piperidine rings is 1. The van der Waals surface area contributed by atoms with Crippen LogP contribution in [0.3, 0.4) is 0 Å². The number of alkyl carbamates (subject to hydrolysis) is 1. The largest absolute Gasteiger partial charge is 0.444 e. The molecule has 0 unspecified atom stereocenters. The average molecular weight is 566 g/mol. The SMILES string of the molecule is CC#CCn1c(N2CCC[C@@H](NC(=O)OC(C)(C)C)C2)nc2c1c(=O)n(Cc1nc3cc(F)ccc3o1)c(=O)n2C. The minimum absolute atomic E-state index is 0.0934. The third-order valence-corrected chi connectivity index (χ3v) is 6.74. The molecule has 1 aliphatic rings. The van der Waals surface area contributed by atoms with Gasteiger partial charge in [0.1, 0.15) is 23.5 Å². The summed E-state index contributed by atoms with van der Waals surface area (Å²) in [6.45, 7) is 8.10. The van der Waals surface area contributed by atoms with Crippen molar-refractivity contribution in [3.63, 3.8) is 0 Å². The Labute approximate surface area is 234 Å². The number of hydrogen-bond acceptors (Lipinski definition) is 8. The quantitative estimate of drug-likeness (QED) is 0.366. The molecular formula is C28H32FN7O5. The van der Waals surface area contributed by atoms with Gasteiger partial charge in [0.2, 0.25) is 11.8 Å². The third kappa shape index (κ3) is 5.68. The van der Waals surface area contributed by atoms with Crippen LogP contribution in [0.1, 0.15) is 46.4 Å². The number of imidazole rings is 1. The van der Waals surface area contributed by atoms with Crippen molar-refractivity contribution < 1.29 is 18.3 Å². The number of hydrogen-bond donors (Lipinski definition) is 1. The van der Waals surface area contributed by atoms with Crippen LogP contribution in [-0.2, 0) is 24.9 Å². The van der Waals surface area contributed by atoms with E-state index in [0.29, 0.717) is 24.6 Å². The van der Waals surface area contributed by atoms with E-state index in [1.54, 1.807) is 32.3 Å². The minimum Gasteiger partial charge on any atom is -0.444 e. The van der Waals surface area contributed by atoms with Crippen LogP contribution in [0.15, 0.2) is 32.2 Å². The molecule has 1 fully saturated rings. The van der Waals surface area contributed by atoms with Crippen LogP contribution in [0.5, 0.6) is 0 Å². The van der Waals surface area contributed by atoms with Crippen molar-refractivity contribution in [2.24, 2.45) is 7.05 Å². The molecule has 13 heteroatoms. The fourth-order valence-corrected chi connectivity index (χ4v) is 4.95. The first-order valence-electron chi connectivity index (χ1n) is 13.3. The second-order valence-electron chi connectivity index (χ2n) is 11.0. The maximum absolute atomic E-state index is 13.8. The van der Waals surface area contributed by atoms with Gasteiger partial charge in [-0.2, -0.15) is 4.98 Å². The number of rotatable bonds is 5. The van der Waals surface area contributed by atoms with E-state index in [2.05, 4.69) is 22.1 Å². The Kier molecular flexibility index (Phi) is 7.33. The van der Waals surface area contributed by atoms with Crippen molar-refractivity contribution in [1.82, 2.24) is 29.0 Å². The van der Waals surface area contributed by atoms with Gasteiger partial charge in [-0.25, -0.2) is 23.5 Å². The van der Waals surface area contributed by atoms with Gasteiger partial charge in [-0.1, -0.05) is 5.92 Å². The number of oxazole rings is 1. The first kappa shape index (κ1) is 27.9. The molecule has 12 nitrogen and oxygen atoms in total. The van der Waals surface area contributed by atoms with E-state index < -0.39 is 28.8 Å². The smallest absolute Gasteiger partial charge is 0.407 e. The van der Waals surface area contributed by atoms with Crippen molar-refractivity contribution in [3.8, 4) is 11.8 Å². The molecule has 0 saturated carbocycles. The number of nitrogens with one attached hydrogen (secondary N) is 1. The number of aryl methyl sites for hydroxylation is 1. The maximum atomic E-state index is 13.8. The van der Waals surface area contributed by atoms with E-state index in [0.717, 1.165) is 17.4 Å². The molecule has 1 saturated heterocycles. The van der Waals surface area contributed by atoms with Gasteiger partial charge < -0.3 is 19.4 Å². The van der Waals surface area contributed by atoms with Gasteiger partial charge in [-0.05, 0) is 52.7 Å². The molecule has 4 heterocycles. The zero-order chi connectivity index (χ0) is 29.5. The molecule has 1 N–H and O–H groups in total. The number of carbonyl (C=O) groups is 1.